The molecule has 0 aliphatic heterocycles. The lowest BCUT2D eigenvalue weighted by Gasteiger charge is -2.14. The zero-order chi connectivity index (χ0) is 25.3. The molecule has 0 unspecified atom stereocenters. The van der Waals surface area contributed by atoms with E-state index in [2.05, 4.69) is 15.1 Å². The average Bonchev–Trinajstić information content (AvgIpc) is 3.18. The van der Waals surface area contributed by atoms with Crippen molar-refractivity contribution in [2.45, 2.75) is 11.8 Å². The first-order valence-electron chi connectivity index (χ1n) is 11.2. The van der Waals surface area contributed by atoms with Gasteiger partial charge in [0.05, 0.1) is 38.6 Å². The maximum Gasteiger partial charge on any atom is 0.261 e. The predicted octanol–water partition coefficient (Wildman–Crippen LogP) is 5.00. The molecule has 180 valence electrons. The first-order valence-corrected chi connectivity index (χ1v) is 12.7. The van der Waals surface area contributed by atoms with E-state index in [1.165, 1.54) is 12.1 Å². The van der Waals surface area contributed by atoms with Crippen molar-refractivity contribution in [2.75, 3.05) is 10.0 Å². The van der Waals surface area contributed by atoms with Gasteiger partial charge in [-0.15, -0.1) is 0 Å². The van der Waals surface area contributed by atoms with Crippen molar-refractivity contribution >= 4 is 38.3 Å². The number of aryl methyl sites for hydroxylation is 2. The van der Waals surface area contributed by atoms with Crippen LogP contribution in [0.3, 0.4) is 0 Å². The lowest BCUT2D eigenvalue weighted by atomic mass is 10.0. The summed E-state index contributed by atoms with van der Waals surface area (Å²) in [6.07, 6.45) is 0. The number of hydrogen-bond donors (Lipinski definition) is 2. The number of benzene rings is 3. The Morgan fingerprint density at radius 1 is 0.861 bits per heavy atom. The second kappa shape index (κ2) is 9.27. The van der Waals surface area contributed by atoms with Crippen LogP contribution >= 0.6 is 0 Å². The molecular weight excluding hydrogens is 474 g/mol. The van der Waals surface area contributed by atoms with Crippen LogP contribution in [0, 0.1) is 6.92 Å². The molecule has 9 heteroatoms. The second-order valence-corrected chi connectivity index (χ2v) is 9.93. The number of carbonyl (C=O) groups is 1. The van der Waals surface area contributed by atoms with Gasteiger partial charge in [-0.05, 0) is 37.3 Å². The van der Waals surface area contributed by atoms with E-state index in [0.717, 1.165) is 5.56 Å². The highest BCUT2D eigenvalue weighted by Gasteiger charge is 2.21. The van der Waals surface area contributed by atoms with Gasteiger partial charge in [0.2, 0.25) is 0 Å². The van der Waals surface area contributed by atoms with Crippen molar-refractivity contribution in [3.63, 3.8) is 0 Å². The molecule has 0 bridgehead atoms. The Kier molecular flexibility index (Phi) is 5.99. The van der Waals surface area contributed by atoms with E-state index in [9.17, 15) is 13.2 Å². The summed E-state index contributed by atoms with van der Waals surface area (Å²) in [4.78, 5) is 18.5. The lowest BCUT2D eigenvalue weighted by Crippen LogP contribution is -2.17. The molecule has 5 rings (SSSR count). The standard InChI is InChI=1S/C27H23N5O3S/c1-18-25-21(17-24(19-11-5-3-6-12-19)28-26(25)32(2)30-18)27(33)29-22-15-9-10-16-23(22)31-36(34,35)20-13-7-4-8-14-20/h3-17,31H,1-2H3,(H,29,33). The van der Waals surface area contributed by atoms with E-state index in [-0.39, 0.29) is 10.6 Å². The lowest BCUT2D eigenvalue weighted by molar-refractivity contribution is 0.102. The first kappa shape index (κ1) is 23.3. The molecule has 0 fully saturated rings. The average molecular weight is 498 g/mol. The van der Waals surface area contributed by atoms with E-state index in [0.29, 0.717) is 33.7 Å². The number of hydrogen-bond acceptors (Lipinski definition) is 5. The van der Waals surface area contributed by atoms with Gasteiger partial charge in [0.1, 0.15) is 0 Å². The Labute approximate surface area is 208 Å². The van der Waals surface area contributed by atoms with Crippen molar-refractivity contribution < 1.29 is 13.2 Å². The molecule has 0 radical (unpaired) electrons. The minimum Gasteiger partial charge on any atom is -0.320 e. The van der Waals surface area contributed by atoms with Gasteiger partial charge in [-0.25, -0.2) is 13.4 Å². The van der Waals surface area contributed by atoms with Gasteiger partial charge in [-0.3, -0.25) is 14.2 Å². The molecule has 0 atom stereocenters. The van der Waals surface area contributed by atoms with Crippen molar-refractivity contribution in [3.8, 4) is 11.3 Å². The molecule has 5 aromatic rings. The summed E-state index contributed by atoms with van der Waals surface area (Å²) in [5.41, 5.74) is 3.73. The van der Waals surface area contributed by atoms with Gasteiger partial charge >= 0.3 is 0 Å². The number of carbonyl (C=O) groups excluding carboxylic acids is 1. The normalized spacial score (nSPS) is 11.4. The molecule has 3 aromatic carbocycles. The number of amides is 1. The fourth-order valence-electron chi connectivity index (χ4n) is 4.05. The highest BCUT2D eigenvalue weighted by atomic mass is 32.2. The summed E-state index contributed by atoms with van der Waals surface area (Å²) in [6, 6.07) is 26.0. The maximum atomic E-state index is 13.6. The van der Waals surface area contributed by atoms with Gasteiger partial charge in [0.25, 0.3) is 15.9 Å². The van der Waals surface area contributed by atoms with E-state index in [1.807, 2.05) is 37.3 Å². The molecule has 0 saturated heterocycles. The monoisotopic (exact) mass is 497 g/mol. The van der Waals surface area contributed by atoms with Crippen LogP contribution in [0.2, 0.25) is 0 Å². The number of anilines is 2. The van der Waals surface area contributed by atoms with Crippen molar-refractivity contribution in [3.05, 3.63) is 102 Å². The zero-order valence-electron chi connectivity index (χ0n) is 19.6. The van der Waals surface area contributed by atoms with E-state index < -0.39 is 15.9 Å². The number of pyridine rings is 1. The number of aromatic nitrogens is 3. The van der Waals surface area contributed by atoms with Gasteiger partial charge in [-0.2, -0.15) is 5.10 Å². The molecule has 0 aliphatic carbocycles. The van der Waals surface area contributed by atoms with Crippen molar-refractivity contribution in [1.82, 2.24) is 14.8 Å². The number of para-hydroxylation sites is 2. The van der Waals surface area contributed by atoms with E-state index >= 15 is 0 Å². The quantitative estimate of drug-likeness (QED) is 0.344. The van der Waals surface area contributed by atoms with Crippen LogP contribution in [0.1, 0.15) is 16.1 Å². The minimum atomic E-state index is -3.84. The molecule has 2 heterocycles. The molecule has 0 aliphatic rings. The van der Waals surface area contributed by atoms with Gasteiger partial charge < -0.3 is 5.32 Å². The number of nitrogens with one attached hydrogen (secondary N) is 2. The summed E-state index contributed by atoms with van der Waals surface area (Å²) in [5, 5.41) is 7.97. The van der Waals surface area contributed by atoms with Crippen LogP contribution in [0.15, 0.2) is 95.9 Å². The minimum absolute atomic E-state index is 0.125. The van der Waals surface area contributed by atoms with E-state index in [1.54, 1.807) is 60.3 Å². The smallest absolute Gasteiger partial charge is 0.261 e. The van der Waals surface area contributed by atoms with Crippen LogP contribution in [0.4, 0.5) is 11.4 Å². The van der Waals surface area contributed by atoms with Crippen molar-refractivity contribution in [1.29, 1.82) is 0 Å². The van der Waals surface area contributed by atoms with E-state index in [4.69, 9.17) is 4.98 Å². The van der Waals surface area contributed by atoms with Crippen LogP contribution in [-0.4, -0.2) is 29.1 Å². The predicted molar refractivity (Wildman–Crippen MR) is 140 cm³/mol. The van der Waals surface area contributed by atoms with Gasteiger partial charge in [-0.1, -0.05) is 60.7 Å². The van der Waals surface area contributed by atoms with Gasteiger partial charge in [0.15, 0.2) is 5.65 Å². The zero-order valence-corrected chi connectivity index (χ0v) is 20.5. The number of sulfonamides is 1. The van der Waals surface area contributed by atoms with Crippen LogP contribution in [0.25, 0.3) is 22.3 Å². The summed E-state index contributed by atoms with van der Waals surface area (Å²) >= 11 is 0. The summed E-state index contributed by atoms with van der Waals surface area (Å²) in [7, 11) is -2.06. The third-order valence-electron chi connectivity index (χ3n) is 5.76. The Morgan fingerprint density at radius 2 is 1.47 bits per heavy atom. The Bertz CT molecular complexity index is 1680. The number of nitrogens with zero attached hydrogens (tertiary/aromatic N) is 3. The Morgan fingerprint density at radius 3 is 2.17 bits per heavy atom. The molecule has 2 N–H and O–H groups in total. The topological polar surface area (TPSA) is 106 Å². The molecule has 1 amide bonds. The molecule has 8 nitrogen and oxygen atoms in total. The fraction of sp³-hybridized carbons (Fsp3) is 0.0741. The summed E-state index contributed by atoms with van der Waals surface area (Å²) in [6.45, 7) is 1.82. The fourth-order valence-corrected chi connectivity index (χ4v) is 5.16. The molecular formula is C27H23N5O3S. The largest absolute Gasteiger partial charge is 0.320 e. The highest BCUT2D eigenvalue weighted by Crippen LogP contribution is 2.29. The molecule has 0 saturated carbocycles. The summed E-state index contributed by atoms with van der Waals surface area (Å²) < 4.78 is 30.0. The van der Waals surface area contributed by atoms with Crippen LogP contribution in [-0.2, 0) is 17.1 Å². The summed E-state index contributed by atoms with van der Waals surface area (Å²) in [5.74, 6) is -0.401. The van der Waals surface area contributed by atoms with Gasteiger partial charge in [0, 0.05) is 12.6 Å². The second-order valence-electron chi connectivity index (χ2n) is 8.25. The SMILES string of the molecule is Cc1nn(C)c2nc(-c3ccccc3)cc(C(=O)Nc3ccccc3NS(=O)(=O)c3ccccc3)c12. The number of rotatable bonds is 6. The third-order valence-corrected chi connectivity index (χ3v) is 7.14. The third kappa shape index (κ3) is 4.44. The Hall–Kier alpha value is -4.50. The highest BCUT2D eigenvalue weighted by molar-refractivity contribution is 7.92. The Balaban J connectivity index is 1.54. The van der Waals surface area contributed by atoms with Crippen LogP contribution in [0.5, 0.6) is 0 Å². The molecule has 2 aromatic heterocycles. The van der Waals surface area contributed by atoms with Crippen molar-refractivity contribution in [2.24, 2.45) is 7.05 Å². The van der Waals surface area contributed by atoms with Crippen LogP contribution < -0.4 is 10.0 Å². The molecule has 36 heavy (non-hydrogen) atoms. The first-order chi connectivity index (χ1) is 17.3. The molecule has 0 spiro atoms. The maximum absolute atomic E-state index is 13.6. The number of fused-ring (bicyclic) bond motifs is 1.